The second-order valence-corrected chi connectivity index (χ2v) is 9.91. The van der Waals surface area contributed by atoms with E-state index in [-0.39, 0.29) is 11.9 Å². The summed E-state index contributed by atoms with van der Waals surface area (Å²) >= 11 is 1.47. The number of ether oxygens (including phenoxy) is 1. The van der Waals surface area contributed by atoms with Crippen LogP contribution in [0.3, 0.4) is 0 Å². The van der Waals surface area contributed by atoms with E-state index in [0.717, 1.165) is 30.7 Å². The summed E-state index contributed by atoms with van der Waals surface area (Å²) in [5.74, 6) is 2.29. The number of hydrogen-bond donors (Lipinski definition) is 1. The third-order valence-corrected chi connectivity index (χ3v) is 6.68. The van der Waals surface area contributed by atoms with Gasteiger partial charge in [-0.1, -0.05) is 55.4 Å². The molecule has 0 radical (unpaired) electrons. The summed E-state index contributed by atoms with van der Waals surface area (Å²) in [6.07, 6.45) is 2.36. The van der Waals surface area contributed by atoms with Gasteiger partial charge in [0.1, 0.15) is 0 Å². The summed E-state index contributed by atoms with van der Waals surface area (Å²) in [6, 6.07) is 8.62. The van der Waals surface area contributed by atoms with Gasteiger partial charge in [0.25, 0.3) is 0 Å². The van der Waals surface area contributed by atoms with Crippen LogP contribution >= 0.6 is 11.8 Å². The highest BCUT2D eigenvalue weighted by molar-refractivity contribution is 7.99. The highest BCUT2D eigenvalue weighted by atomic mass is 32.2. The quantitative estimate of drug-likeness (QED) is 0.599. The van der Waals surface area contributed by atoms with Crippen LogP contribution in [0.15, 0.2) is 29.4 Å². The number of amides is 1. The molecule has 2 fully saturated rings. The second kappa shape index (κ2) is 10.0. The molecule has 1 amide bonds. The molecule has 1 saturated carbocycles. The fourth-order valence-electron chi connectivity index (χ4n) is 3.93. The monoisotopic (exact) mass is 443 g/mol. The minimum absolute atomic E-state index is 0.0505. The normalized spacial score (nSPS) is 17.7. The topological polar surface area (TPSA) is 72.3 Å². The highest BCUT2D eigenvalue weighted by Gasteiger charge is 2.33. The van der Waals surface area contributed by atoms with Crippen molar-refractivity contribution in [3.05, 3.63) is 35.4 Å². The van der Waals surface area contributed by atoms with E-state index in [1.807, 2.05) is 0 Å². The fraction of sp³-hybridized carbons (Fsp3) is 0.609. The van der Waals surface area contributed by atoms with Gasteiger partial charge in [-0.05, 0) is 37.2 Å². The average molecular weight is 444 g/mol. The number of carbonyl (C=O) groups is 1. The van der Waals surface area contributed by atoms with E-state index in [1.54, 1.807) is 0 Å². The van der Waals surface area contributed by atoms with Crippen LogP contribution < -0.4 is 10.2 Å². The standard InChI is InChI=1S/C23H33N5O2S/c1-16(2)14-28-22(27-10-12-30-13-11-27)25-26-23(28)31-15-20(29)24-21(19-8-9-19)18-6-4-17(3)5-7-18/h4-7,16,19,21H,8-15H2,1-3H3,(H,24,29). The molecule has 1 atom stereocenters. The highest BCUT2D eigenvalue weighted by Crippen LogP contribution is 2.41. The third-order valence-electron chi connectivity index (χ3n) is 5.72. The van der Waals surface area contributed by atoms with Gasteiger partial charge in [-0.3, -0.25) is 9.36 Å². The van der Waals surface area contributed by atoms with E-state index in [9.17, 15) is 4.79 Å². The third kappa shape index (κ3) is 5.80. The molecule has 4 rings (SSSR count). The summed E-state index contributed by atoms with van der Waals surface area (Å²) in [4.78, 5) is 15.1. The smallest absolute Gasteiger partial charge is 0.230 e. The number of hydrogen-bond acceptors (Lipinski definition) is 6. The molecule has 1 aliphatic carbocycles. The molecule has 1 N–H and O–H groups in total. The first-order chi connectivity index (χ1) is 15.0. The molecule has 1 aromatic heterocycles. The van der Waals surface area contributed by atoms with Crippen molar-refractivity contribution in [1.29, 1.82) is 0 Å². The molecular formula is C23H33N5O2S. The molecule has 168 valence electrons. The molecule has 2 aromatic rings. The van der Waals surface area contributed by atoms with Crippen LogP contribution in [0.4, 0.5) is 5.95 Å². The minimum Gasteiger partial charge on any atom is -0.378 e. The van der Waals surface area contributed by atoms with Crippen molar-refractivity contribution in [2.75, 3.05) is 37.0 Å². The second-order valence-electron chi connectivity index (χ2n) is 8.97. The Labute approximate surface area is 188 Å². The van der Waals surface area contributed by atoms with Gasteiger partial charge >= 0.3 is 0 Å². The van der Waals surface area contributed by atoms with Gasteiger partial charge in [0, 0.05) is 19.6 Å². The first-order valence-corrected chi connectivity index (χ1v) is 12.2. The number of rotatable bonds is 9. The lowest BCUT2D eigenvalue weighted by molar-refractivity contribution is -0.119. The summed E-state index contributed by atoms with van der Waals surface area (Å²) in [6.45, 7) is 10.4. The van der Waals surface area contributed by atoms with Gasteiger partial charge in [-0.2, -0.15) is 0 Å². The Balaban J connectivity index is 1.41. The van der Waals surface area contributed by atoms with Crippen molar-refractivity contribution in [2.24, 2.45) is 11.8 Å². The Bertz CT molecular complexity index is 873. The van der Waals surface area contributed by atoms with Crippen LogP contribution in [0.5, 0.6) is 0 Å². The lowest BCUT2D eigenvalue weighted by atomic mass is 10.0. The number of benzene rings is 1. The summed E-state index contributed by atoms with van der Waals surface area (Å²) < 4.78 is 7.63. The predicted molar refractivity (Wildman–Crippen MR) is 123 cm³/mol. The summed E-state index contributed by atoms with van der Waals surface area (Å²) in [7, 11) is 0. The molecule has 31 heavy (non-hydrogen) atoms. The number of anilines is 1. The molecular weight excluding hydrogens is 410 g/mol. The minimum atomic E-state index is 0.0505. The number of nitrogens with one attached hydrogen (secondary N) is 1. The van der Waals surface area contributed by atoms with Gasteiger partial charge in [0.15, 0.2) is 5.16 Å². The van der Waals surface area contributed by atoms with Gasteiger partial charge in [-0.25, -0.2) is 0 Å². The van der Waals surface area contributed by atoms with E-state index in [2.05, 4.69) is 70.0 Å². The van der Waals surface area contributed by atoms with Crippen LogP contribution in [0.2, 0.25) is 0 Å². The van der Waals surface area contributed by atoms with Crippen LogP contribution in [-0.2, 0) is 16.1 Å². The SMILES string of the molecule is Cc1ccc(C(NC(=O)CSc2nnc(N3CCOCC3)n2CC(C)C)C2CC2)cc1. The first-order valence-electron chi connectivity index (χ1n) is 11.3. The van der Waals surface area contributed by atoms with Crippen molar-refractivity contribution in [3.8, 4) is 0 Å². The van der Waals surface area contributed by atoms with Gasteiger partial charge in [0.2, 0.25) is 11.9 Å². The summed E-state index contributed by atoms with van der Waals surface area (Å²) in [5, 5.41) is 13.0. The lowest BCUT2D eigenvalue weighted by Crippen LogP contribution is -2.38. The average Bonchev–Trinajstić information content (AvgIpc) is 3.53. The Hall–Kier alpha value is -2.06. The first kappa shape index (κ1) is 22.1. The number of carbonyl (C=O) groups excluding carboxylic acids is 1. The Morgan fingerprint density at radius 3 is 2.55 bits per heavy atom. The van der Waals surface area contributed by atoms with Crippen LogP contribution in [-0.4, -0.2) is 52.7 Å². The number of morpholine rings is 1. The molecule has 1 aromatic carbocycles. The maximum absolute atomic E-state index is 12.8. The van der Waals surface area contributed by atoms with Crippen LogP contribution in [0.25, 0.3) is 0 Å². The number of nitrogens with zero attached hydrogens (tertiary/aromatic N) is 4. The van der Waals surface area contributed by atoms with E-state index < -0.39 is 0 Å². The lowest BCUT2D eigenvalue weighted by Gasteiger charge is -2.28. The van der Waals surface area contributed by atoms with Crippen molar-refractivity contribution < 1.29 is 9.53 Å². The predicted octanol–water partition coefficient (Wildman–Crippen LogP) is 3.44. The fourth-order valence-corrected chi connectivity index (χ4v) is 4.69. The molecule has 0 bridgehead atoms. The van der Waals surface area contributed by atoms with E-state index in [4.69, 9.17) is 4.74 Å². The molecule has 2 aliphatic rings. The molecule has 8 heteroatoms. The zero-order valence-corrected chi connectivity index (χ0v) is 19.5. The van der Waals surface area contributed by atoms with Crippen molar-refractivity contribution in [3.63, 3.8) is 0 Å². The van der Waals surface area contributed by atoms with Gasteiger partial charge in [-0.15, -0.1) is 10.2 Å². The Morgan fingerprint density at radius 2 is 1.90 bits per heavy atom. The van der Waals surface area contributed by atoms with E-state index in [1.165, 1.54) is 35.7 Å². The van der Waals surface area contributed by atoms with Crippen molar-refractivity contribution in [1.82, 2.24) is 20.1 Å². The largest absolute Gasteiger partial charge is 0.378 e. The maximum atomic E-state index is 12.8. The molecule has 1 aliphatic heterocycles. The van der Waals surface area contributed by atoms with Gasteiger partial charge in [0.05, 0.1) is 25.0 Å². The zero-order chi connectivity index (χ0) is 21.8. The van der Waals surface area contributed by atoms with Gasteiger partial charge < -0.3 is 15.0 Å². The molecule has 2 heterocycles. The number of aromatic nitrogens is 3. The number of aryl methyl sites for hydroxylation is 1. The van der Waals surface area contributed by atoms with E-state index >= 15 is 0 Å². The Kier molecular flexibility index (Phi) is 7.17. The molecule has 1 saturated heterocycles. The molecule has 0 spiro atoms. The Morgan fingerprint density at radius 1 is 1.19 bits per heavy atom. The van der Waals surface area contributed by atoms with Crippen molar-refractivity contribution in [2.45, 2.75) is 51.4 Å². The zero-order valence-electron chi connectivity index (χ0n) is 18.7. The molecule has 1 unspecified atom stereocenters. The number of thioether (sulfide) groups is 1. The summed E-state index contributed by atoms with van der Waals surface area (Å²) in [5.41, 5.74) is 2.43. The maximum Gasteiger partial charge on any atom is 0.230 e. The van der Waals surface area contributed by atoms with Crippen LogP contribution in [0, 0.1) is 18.8 Å². The van der Waals surface area contributed by atoms with E-state index in [0.29, 0.717) is 30.8 Å². The van der Waals surface area contributed by atoms with Crippen LogP contribution in [0.1, 0.15) is 43.9 Å². The van der Waals surface area contributed by atoms with Crippen molar-refractivity contribution >= 4 is 23.6 Å². The molecule has 7 nitrogen and oxygen atoms in total.